The molecule has 5 nitrogen and oxygen atoms in total. The summed E-state index contributed by atoms with van der Waals surface area (Å²) in [5, 5.41) is 5.68. The molecular formula is C29H20Br2N2O3. The van der Waals surface area contributed by atoms with Gasteiger partial charge in [0.25, 0.3) is 11.8 Å². The Bertz CT molecular complexity index is 1450. The number of benzene rings is 4. The van der Waals surface area contributed by atoms with Gasteiger partial charge in [0.2, 0.25) is 0 Å². The van der Waals surface area contributed by atoms with Gasteiger partial charge in [0.05, 0.1) is 0 Å². The molecule has 2 amide bonds. The van der Waals surface area contributed by atoms with Gasteiger partial charge in [0, 0.05) is 37.0 Å². The third-order valence-corrected chi connectivity index (χ3v) is 6.25. The van der Waals surface area contributed by atoms with Crippen LogP contribution in [0.4, 0.5) is 11.4 Å². The van der Waals surface area contributed by atoms with Crippen molar-refractivity contribution in [2.75, 3.05) is 10.6 Å². The molecule has 0 atom stereocenters. The van der Waals surface area contributed by atoms with E-state index in [1.807, 2.05) is 6.07 Å². The van der Waals surface area contributed by atoms with Crippen LogP contribution in [0.2, 0.25) is 0 Å². The molecule has 0 fully saturated rings. The molecule has 0 saturated carbocycles. The van der Waals surface area contributed by atoms with Gasteiger partial charge >= 0.3 is 0 Å². The van der Waals surface area contributed by atoms with Crippen molar-refractivity contribution in [3.63, 3.8) is 0 Å². The number of ketones is 1. The molecule has 4 aromatic carbocycles. The lowest BCUT2D eigenvalue weighted by molar-refractivity contribution is 0.101. The Hall–Kier alpha value is -3.81. The number of hydrogen-bond donors (Lipinski definition) is 2. The molecule has 36 heavy (non-hydrogen) atoms. The standard InChI is InChI=1S/C29H20Br2N2O3/c30-23-12-8-20(9-13-23)28(35)32-25-5-1-3-19(17-25)7-16-27(34)22-4-2-6-26(18-22)33-29(36)21-10-14-24(31)15-11-21/h1-18H,(H,32,35)(H,33,36). The Morgan fingerprint density at radius 1 is 0.583 bits per heavy atom. The average Bonchev–Trinajstić information content (AvgIpc) is 2.88. The normalized spacial score (nSPS) is 10.7. The van der Waals surface area contributed by atoms with Gasteiger partial charge in [0.15, 0.2) is 5.78 Å². The van der Waals surface area contributed by atoms with Crippen molar-refractivity contribution in [3.05, 3.63) is 134 Å². The van der Waals surface area contributed by atoms with E-state index in [9.17, 15) is 14.4 Å². The van der Waals surface area contributed by atoms with E-state index in [1.165, 1.54) is 6.08 Å². The maximum absolute atomic E-state index is 12.8. The number of hydrogen-bond acceptors (Lipinski definition) is 3. The Balaban J connectivity index is 1.41. The molecule has 0 aliphatic heterocycles. The third-order valence-electron chi connectivity index (χ3n) is 5.19. The first kappa shape index (κ1) is 25.3. The molecule has 0 aliphatic rings. The quantitative estimate of drug-likeness (QED) is 0.169. The number of rotatable bonds is 7. The van der Waals surface area contributed by atoms with E-state index in [2.05, 4.69) is 42.5 Å². The van der Waals surface area contributed by atoms with E-state index in [0.717, 1.165) is 14.5 Å². The summed E-state index contributed by atoms with van der Waals surface area (Å²) in [6, 6.07) is 28.1. The molecule has 7 heteroatoms. The smallest absolute Gasteiger partial charge is 0.255 e. The van der Waals surface area contributed by atoms with E-state index in [1.54, 1.807) is 97.1 Å². The van der Waals surface area contributed by atoms with Gasteiger partial charge in [0.1, 0.15) is 0 Å². The number of amides is 2. The first-order chi connectivity index (χ1) is 17.4. The van der Waals surface area contributed by atoms with E-state index in [4.69, 9.17) is 0 Å². The van der Waals surface area contributed by atoms with E-state index >= 15 is 0 Å². The fourth-order valence-corrected chi connectivity index (χ4v) is 3.88. The summed E-state index contributed by atoms with van der Waals surface area (Å²) >= 11 is 6.70. The maximum Gasteiger partial charge on any atom is 0.255 e. The van der Waals surface area contributed by atoms with Gasteiger partial charge in [-0.25, -0.2) is 0 Å². The molecule has 4 aromatic rings. The van der Waals surface area contributed by atoms with E-state index in [-0.39, 0.29) is 17.6 Å². The highest BCUT2D eigenvalue weighted by atomic mass is 79.9. The molecule has 4 rings (SSSR count). The van der Waals surface area contributed by atoms with Crippen molar-refractivity contribution in [3.8, 4) is 0 Å². The number of carbonyl (C=O) groups is 3. The summed E-state index contributed by atoms with van der Waals surface area (Å²) in [6.07, 6.45) is 3.15. The second-order valence-electron chi connectivity index (χ2n) is 7.83. The molecule has 178 valence electrons. The lowest BCUT2D eigenvalue weighted by atomic mass is 10.1. The zero-order valence-electron chi connectivity index (χ0n) is 18.9. The highest BCUT2D eigenvalue weighted by Gasteiger charge is 2.09. The fraction of sp³-hybridized carbons (Fsp3) is 0. The van der Waals surface area contributed by atoms with Crippen LogP contribution < -0.4 is 10.6 Å². The van der Waals surface area contributed by atoms with Gasteiger partial charge in [-0.05, 0) is 84.4 Å². The second kappa shape index (κ2) is 11.7. The van der Waals surface area contributed by atoms with Crippen molar-refractivity contribution in [1.29, 1.82) is 0 Å². The van der Waals surface area contributed by atoms with E-state index < -0.39 is 0 Å². The van der Waals surface area contributed by atoms with Crippen LogP contribution >= 0.6 is 31.9 Å². The van der Waals surface area contributed by atoms with Crippen molar-refractivity contribution in [1.82, 2.24) is 0 Å². The molecule has 2 N–H and O–H groups in total. The Kier molecular flexibility index (Phi) is 8.25. The number of anilines is 2. The van der Waals surface area contributed by atoms with Gasteiger partial charge in [-0.3, -0.25) is 14.4 Å². The number of nitrogens with one attached hydrogen (secondary N) is 2. The number of allylic oxidation sites excluding steroid dienone is 1. The lowest BCUT2D eigenvalue weighted by Crippen LogP contribution is -2.12. The lowest BCUT2D eigenvalue weighted by Gasteiger charge is -2.07. The van der Waals surface area contributed by atoms with Crippen LogP contribution in [0.5, 0.6) is 0 Å². The number of carbonyl (C=O) groups excluding carboxylic acids is 3. The summed E-state index contributed by atoms with van der Waals surface area (Å²) in [4.78, 5) is 37.7. The molecule has 0 bridgehead atoms. The topological polar surface area (TPSA) is 75.3 Å². The van der Waals surface area contributed by atoms with Crippen molar-refractivity contribution in [2.45, 2.75) is 0 Å². The summed E-state index contributed by atoms with van der Waals surface area (Å²) in [6.45, 7) is 0. The van der Waals surface area contributed by atoms with Crippen LogP contribution in [0.3, 0.4) is 0 Å². The minimum Gasteiger partial charge on any atom is -0.322 e. The minimum absolute atomic E-state index is 0.209. The summed E-state index contributed by atoms with van der Waals surface area (Å²) in [5.74, 6) is -0.689. The summed E-state index contributed by atoms with van der Waals surface area (Å²) in [7, 11) is 0. The SMILES string of the molecule is O=C(C=Cc1cccc(NC(=O)c2ccc(Br)cc2)c1)c1cccc(NC(=O)c2ccc(Br)cc2)c1. The molecule has 0 unspecified atom stereocenters. The highest BCUT2D eigenvalue weighted by Crippen LogP contribution is 2.18. The maximum atomic E-state index is 12.8. The molecule has 0 saturated heterocycles. The second-order valence-corrected chi connectivity index (χ2v) is 9.66. The van der Waals surface area contributed by atoms with Crippen molar-refractivity contribution >= 4 is 66.9 Å². The molecular weight excluding hydrogens is 584 g/mol. The van der Waals surface area contributed by atoms with Crippen LogP contribution in [0.1, 0.15) is 36.6 Å². The summed E-state index contributed by atoms with van der Waals surface area (Å²) < 4.78 is 1.78. The largest absolute Gasteiger partial charge is 0.322 e. The summed E-state index contributed by atoms with van der Waals surface area (Å²) in [5.41, 5.74) is 3.41. The van der Waals surface area contributed by atoms with Crippen LogP contribution in [0.15, 0.2) is 112 Å². The zero-order chi connectivity index (χ0) is 25.5. The van der Waals surface area contributed by atoms with Gasteiger partial charge < -0.3 is 10.6 Å². The van der Waals surface area contributed by atoms with E-state index in [0.29, 0.717) is 28.1 Å². The Morgan fingerprint density at radius 3 is 1.64 bits per heavy atom. The minimum atomic E-state index is -0.260. The Morgan fingerprint density at radius 2 is 1.08 bits per heavy atom. The third kappa shape index (κ3) is 6.87. The molecule has 0 aromatic heterocycles. The first-order valence-corrected chi connectivity index (χ1v) is 12.5. The molecule has 0 aliphatic carbocycles. The van der Waals surface area contributed by atoms with Crippen LogP contribution in [-0.4, -0.2) is 17.6 Å². The predicted molar refractivity (Wildman–Crippen MR) is 150 cm³/mol. The van der Waals surface area contributed by atoms with Crippen molar-refractivity contribution in [2.24, 2.45) is 0 Å². The Labute approximate surface area is 225 Å². The predicted octanol–water partition coefficient (Wildman–Crippen LogP) is 7.61. The first-order valence-electron chi connectivity index (χ1n) is 10.9. The molecule has 0 radical (unpaired) electrons. The van der Waals surface area contributed by atoms with Crippen LogP contribution in [0.25, 0.3) is 6.08 Å². The van der Waals surface area contributed by atoms with Gasteiger partial charge in [-0.15, -0.1) is 0 Å². The van der Waals surface area contributed by atoms with Crippen molar-refractivity contribution < 1.29 is 14.4 Å². The zero-order valence-corrected chi connectivity index (χ0v) is 22.0. The monoisotopic (exact) mass is 602 g/mol. The fourth-order valence-electron chi connectivity index (χ4n) is 3.35. The molecule has 0 spiro atoms. The highest BCUT2D eigenvalue weighted by molar-refractivity contribution is 9.10. The average molecular weight is 604 g/mol. The van der Waals surface area contributed by atoms with Gasteiger partial charge in [-0.2, -0.15) is 0 Å². The number of halogens is 2. The molecule has 0 heterocycles. The van der Waals surface area contributed by atoms with Gasteiger partial charge in [-0.1, -0.05) is 62.2 Å². The van der Waals surface area contributed by atoms with Crippen LogP contribution in [0, 0.1) is 0 Å². The van der Waals surface area contributed by atoms with Crippen LogP contribution in [-0.2, 0) is 0 Å².